The summed E-state index contributed by atoms with van der Waals surface area (Å²) in [6.07, 6.45) is 0. The second-order valence-electron chi connectivity index (χ2n) is 4.34. The number of aromatic nitrogens is 6. The zero-order valence-electron chi connectivity index (χ0n) is 10.9. The molecule has 0 fully saturated rings. The zero-order chi connectivity index (χ0) is 15.3. The molecule has 0 radical (unpaired) electrons. The Labute approximate surface area is 131 Å². The van der Waals surface area contributed by atoms with Gasteiger partial charge in [-0.15, -0.1) is 5.10 Å². The second kappa shape index (κ2) is 4.93. The minimum absolute atomic E-state index is 0.0763. The Balaban J connectivity index is 2.34. The minimum atomic E-state index is -0.480. The van der Waals surface area contributed by atoms with Gasteiger partial charge in [-0.25, -0.2) is 4.79 Å². The van der Waals surface area contributed by atoms with E-state index in [0.717, 1.165) is 16.1 Å². The van der Waals surface area contributed by atoms with Crippen molar-refractivity contribution in [3.8, 4) is 0 Å². The third-order valence-corrected chi connectivity index (χ3v) is 4.39. The first kappa shape index (κ1) is 14.2. The van der Waals surface area contributed by atoms with Gasteiger partial charge in [0.15, 0.2) is 11.2 Å². The molecule has 0 amide bonds. The molecule has 0 saturated carbocycles. The molecule has 0 bridgehead atoms. The zero-order valence-corrected chi connectivity index (χ0v) is 13.2. The topological polar surface area (TPSA) is 87.6 Å². The van der Waals surface area contributed by atoms with Crippen LogP contribution in [0.2, 0.25) is 9.62 Å². The smallest absolute Gasteiger partial charge is 0.303 e. The van der Waals surface area contributed by atoms with Crippen molar-refractivity contribution in [3.63, 3.8) is 0 Å². The SMILES string of the molecule is Cn1c(=O)c2c(nc(Cl)n2Cc2nnsc2Cl)n(C)c1=O. The van der Waals surface area contributed by atoms with E-state index in [2.05, 4.69) is 14.6 Å². The Hall–Kier alpha value is -1.71. The molecule has 3 rings (SSSR count). The normalized spacial score (nSPS) is 11.4. The highest BCUT2D eigenvalue weighted by molar-refractivity contribution is 7.10. The molecule has 0 aliphatic heterocycles. The summed E-state index contributed by atoms with van der Waals surface area (Å²) < 4.78 is 7.86. The van der Waals surface area contributed by atoms with E-state index in [-0.39, 0.29) is 23.0 Å². The molecule has 0 aliphatic rings. The van der Waals surface area contributed by atoms with Crippen LogP contribution in [0.1, 0.15) is 5.69 Å². The van der Waals surface area contributed by atoms with Gasteiger partial charge in [0.05, 0.1) is 6.54 Å². The number of fused-ring (bicyclic) bond motifs is 1. The quantitative estimate of drug-likeness (QED) is 0.635. The lowest BCUT2D eigenvalue weighted by atomic mass is 10.4. The van der Waals surface area contributed by atoms with Gasteiger partial charge in [0.25, 0.3) is 5.56 Å². The van der Waals surface area contributed by atoms with E-state index in [4.69, 9.17) is 23.2 Å². The first-order chi connectivity index (χ1) is 9.91. The second-order valence-corrected chi connectivity index (χ2v) is 6.03. The molecule has 0 N–H and O–H groups in total. The van der Waals surface area contributed by atoms with Crippen molar-refractivity contribution in [2.45, 2.75) is 6.54 Å². The lowest BCUT2D eigenvalue weighted by molar-refractivity contribution is 0.701. The number of rotatable bonds is 2. The summed E-state index contributed by atoms with van der Waals surface area (Å²) >= 11 is 13.1. The molecule has 21 heavy (non-hydrogen) atoms. The maximum atomic E-state index is 12.3. The van der Waals surface area contributed by atoms with Crippen LogP contribution in [0, 0.1) is 0 Å². The van der Waals surface area contributed by atoms with Gasteiger partial charge >= 0.3 is 5.69 Å². The standard InChI is InChI=1S/C10H8Cl2N6O2S/c1-16-7-5(8(19)17(2)10(16)20)18(9(12)13-7)3-4-6(11)21-15-14-4/h3H2,1-2H3. The fourth-order valence-electron chi connectivity index (χ4n) is 2.01. The van der Waals surface area contributed by atoms with Crippen LogP contribution in [0.3, 0.4) is 0 Å². The maximum Gasteiger partial charge on any atom is 0.332 e. The first-order valence-corrected chi connectivity index (χ1v) is 7.23. The summed E-state index contributed by atoms with van der Waals surface area (Å²) in [5.74, 6) is 0. The molecule has 0 atom stereocenters. The van der Waals surface area contributed by atoms with Gasteiger partial charge in [-0.05, 0) is 11.6 Å². The molecule has 11 heteroatoms. The number of nitrogens with zero attached hydrogens (tertiary/aromatic N) is 6. The predicted octanol–water partition coefficient (Wildman–Crippen LogP) is 0.640. The molecule has 0 spiro atoms. The summed E-state index contributed by atoms with van der Waals surface area (Å²) in [7, 11) is 2.92. The van der Waals surface area contributed by atoms with E-state index < -0.39 is 11.2 Å². The number of hydrogen-bond acceptors (Lipinski definition) is 6. The van der Waals surface area contributed by atoms with E-state index >= 15 is 0 Å². The summed E-state index contributed by atoms with van der Waals surface area (Å²) in [6, 6.07) is 0. The highest BCUT2D eigenvalue weighted by Gasteiger charge is 2.19. The van der Waals surface area contributed by atoms with Crippen molar-refractivity contribution >= 4 is 45.9 Å². The van der Waals surface area contributed by atoms with Crippen LogP contribution in [0.25, 0.3) is 11.2 Å². The Morgan fingerprint density at radius 2 is 1.90 bits per heavy atom. The molecular formula is C10H8Cl2N6O2S. The Kier molecular flexibility index (Phi) is 3.34. The van der Waals surface area contributed by atoms with Crippen LogP contribution in [-0.4, -0.2) is 28.3 Å². The van der Waals surface area contributed by atoms with Crippen LogP contribution in [0.15, 0.2) is 9.59 Å². The largest absolute Gasteiger partial charge is 0.332 e. The Morgan fingerprint density at radius 3 is 2.52 bits per heavy atom. The van der Waals surface area contributed by atoms with Crippen LogP contribution in [0.5, 0.6) is 0 Å². The maximum absolute atomic E-state index is 12.3. The van der Waals surface area contributed by atoms with Crippen molar-refractivity contribution in [3.05, 3.63) is 36.2 Å². The highest BCUT2D eigenvalue weighted by Crippen LogP contribution is 2.22. The van der Waals surface area contributed by atoms with Crippen LogP contribution in [0.4, 0.5) is 0 Å². The van der Waals surface area contributed by atoms with Crippen molar-refractivity contribution < 1.29 is 0 Å². The average molecular weight is 347 g/mol. The van der Waals surface area contributed by atoms with Crippen molar-refractivity contribution in [2.75, 3.05) is 0 Å². The molecule has 3 aromatic rings. The fraction of sp³-hybridized carbons (Fsp3) is 0.300. The van der Waals surface area contributed by atoms with Crippen molar-refractivity contribution in [2.24, 2.45) is 14.1 Å². The van der Waals surface area contributed by atoms with Crippen LogP contribution in [-0.2, 0) is 20.6 Å². The van der Waals surface area contributed by atoms with Gasteiger partial charge in [0.1, 0.15) is 10.0 Å². The summed E-state index contributed by atoms with van der Waals surface area (Å²) in [4.78, 5) is 28.3. The van der Waals surface area contributed by atoms with E-state index in [1.807, 2.05) is 0 Å². The van der Waals surface area contributed by atoms with E-state index in [0.29, 0.717) is 10.0 Å². The molecule has 0 unspecified atom stereocenters. The Morgan fingerprint density at radius 1 is 1.19 bits per heavy atom. The van der Waals surface area contributed by atoms with Crippen molar-refractivity contribution in [1.29, 1.82) is 0 Å². The summed E-state index contributed by atoms with van der Waals surface area (Å²) in [6.45, 7) is 0.151. The molecular weight excluding hydrogens is 339 g/mol. The average Bonchev–Trinajstić information content (AvgIpc) is 3.00. The highest BCUT2D eigenvalue weighted by atomic mass is 35.5. The van der Waals surface area contributed by atoms with Gasteiger partial charge < -0.3 is 4.57 Å². The molecule has 3 aromatic heterocycles. The van der Waals surface area contributed by atoms with Crippen molar-refractivity contribution in [1.82, 2.24) is 28.3 Å². The van der Waals surface area contributed by atoms with Gasteiger partial charge in [-0.2, -0.15) is 4.98 Å². The number of imidazole rings is 1. The number of halogens is 2. The third kappa shape index (κ3) is 2.08. The van der Waals surface area contributed by atoms with Gasteiger partial charge in [-0.1, -0.05) is 16.1 Å². The molecule has 0 aromatic carbocycles. The van der Waals surface area contributed by atoms with Crippen LogP contribution >= 0.6 is 34.7 Å². The summed E-state index contributed by atoms with van der Waals surface area (Å²) in [5, 5.41) is 3.96. The predicted molar refractivity (Wildman–Crippen MR) is 79.2 cm³/mol. The minimum Gasteiger partial charge on any atom is -0.303 e. The molecule has 3 heterocycles. The van der Waals surface area contributed by atoms with Crippen LogP contribution < -0.4 is 11.2 Å². The molecule has 110 valence electrons. The summed E-state index contributed by atoms with van der Waals surface area (Å²) in [5.41, 5.74) is -0.0335. The van der Waals surface area contributed by atoms with E-state index in [1.54, 1.807) is 0 Å². The fourth-order valence-corrected chi connectivity index (χ4v) is 2.84. The number of hydrogen-bond donors (Lipinski definition) is 0. The molecule has 0 saturated heterocycles. The van der Waals surface area contributed by atoms with Gasteiger partial charge in [0, 0.05) is 25.6 Å². The molecule has 8 nitrogen and oxygen atoms in total. The lowest BCUT2D eigenvalue weighted by Crippen LogP contribution is -2.37. The Bertz CT molecular complexity index is 968. The van der Waals surface area contributed by atoms with Gasteiger partial charge in [-0.3, -0.25) is 13.9 Å². The third-order valence-electron chi connectivity index (χ3n) is 3.12. The first-order valence-electron chi connectivity index (χ1n) is 5.70. The van der Waals surface area contributed by atoms with E-state index in [9.17, 15) is 9.59 Å². The number of aryl methyl sites for hydroxylation is 1. The monoisotopic (exact) mass is 346 g/mol. The lowest BCUT2D eigenvalue weighted by Gasteiger charge is -2.05. The molecule has 0 aliphatic carbocycles. The van der Waals surface area contributed by atoms with Gasteiger partial charge in [0.2, 0.25) is 5.28 Å². The van der Waals surface area contributed by atoms with E-state index in [1.165, 1.54) is 23.2 Å².